The second-order valence-corrected chi connectivity index (χ2v) is 8.53. The van der Waals surface area contributed by atoms with Gasteiger partial charge in [0.1, 0.15) is 10.8 Å². The highest BCUT2D eigenvalue weighted by Gasteiger charge is 2.17. The van der Waals surface area contributed by atoms with Gasteiger partial charge in [-0.1, -0.05) is 11.6 Å². The molecule has 2 fully saturated rings. The van der Waals surface area contributed by atoms with Gasteiger partial charge >= 0.3 is 0 Å². The third-order valence-corrected chi connectivity index (χ3v) is 6.22. The molecule has 3 heterocycles. The molecule has 0 amide bonds. The van der Waals surface area contributed by atoms with E-state index in [2.05, 4.69) is 49.6 Å². The number of rotatable bonds is 7. The van der Waals surface area contributed by atoms with Gasteiger partial charge in [0.25, 0.3) is 0 Å². The molecule has 1 aromatic carbocycles. The second kappa shape index (κ2) is 10.3. The maximum absolute atomic E-state index is 6.32. The lowest BCUT2D eigenvalue weighted by atomic mass is 10.0. The maximum atomic E-state index is 6.32. The number of aromatic nitrogens is 2. The highest BCUT2D eigenvalue weighted by molar-refractivity contribution is 6.32. The van der Waals surface area contributed by atoms with Gasteiger partial charge in [0.05, 0.1) is 19.0 Å². The predicted molar refractivity (Wildman–Crippen MR) is 125 cm³/mol. The van der Waals surface area contributed by atoms with Gasteiger partial charge < -0.3 is 29.9 Å². The van der Waals surface area contributed by atoms with Crippen molar-refractivity contribution in [3.05, 3.63) is 29.4 Å². The minimum Gasteiger partial charge on any atom is -0.494 e. The third kappa shape index (κ3) is 5.70. The van der Waals surface area contributed by atoms with Gasteiger partial charge in [0.15, 0.2) is 5.82 Å². The quantitative estimate of drug-likeness (QED) is 0.669. The molecule has 2 aliphatic heterocycles. The van der Waals surface area contributed by atoms with Crippen LogP contribution in [-0.2, 0) is 4.74 Å². The van der Waals surface area contributed by atoms with Crippen LogP contribution in [0.1, 0.15) is 12.8 Å². The number of anilines is 4. The molecule has 9 heteroatoms. The van der Waals surface area contributed by atoms with Crippen LogP contribution in [0.2, 0.25) is 5.02 Å². The number of nitrogens with one attached hydrogen (secondary N) is 2. The molecule has 2 saturated heterocycles. The number of hydrogen-bond acceptors (Lipinski definition) is 8. The monoisotopic (exact) mass is 446 g/mol. The Labute approximate surface area is 188 Å². The van der Waals surface area contributed by atoms with Crippen LogP contribution in [0.15, 0.2) is 24.4 Å². The summed E-state index contributed by atoms with van der Waals surface area (Å²) in [5, 5.41) is 7.16. The van der Waals surface area contributed by atoms with Crippen molar-refractivity contribution in [1.29, 1.82) is 0 Å². The Hall–Kier alpha value is -2.29. The molecule has 0 radical (unpaired) electrons. The van der Waals surface area contributed by atoms with E-state index >= 15 is 0 Å². The molecule has 8 nitrogen and oxygen atoms in total. The molecule has 2 aromatic rings. The molecule has 31 heavy (non-hydrogen) atoms. The molecule has 2 aliphatic rings. The van der Waals surface area contributed by atoms with Crippen LogP contribution in [0.3, 0.4) is 0 Å². The Balaban J connectivity index is 1.44. The molecule has 0 atom stereocenters. The lowest BCUT2D eigenvalue weighted by Gasteiger charge is -2.34. The van der Waals surface area contributed by atoms with Gasteiger partial charge in [-0.3, -0.25) is 0 Å². The predicted octanol–water partition coefficient (Wildman–Crippen LogP) is 3.47. The Morgan fingerprint density at radius 2 is 1.97 bits per heavy atom. The van der Waals surface area contributed by atoms with E-state index in [-0.39, 0.29) is 0 Å². The Kier molecular flexibility index (Phi) is 7.32. The molecular weight excluding hydrogens is 416 g/mol. The van der Waals surface area contributed by atoms with Crippen LogP contribution in [0.25, 0.3) is 0 Å². The third-order valence-electron chi connectivity index (χ3n) is 5.94. The number of likely N-dealkylation sites (N-methyl/N-ethyl adjacent to an activating group) is 1. The first kappa shape index (κ1) is 21.9. The normalized spacial score (nSPS) is 18.1. The summed E-state index contributed by atoms with van der Waals surface area (Å²) in [6, 6.07) is 6.18. The minimum absolute atomic E-state index is 0.476. The average Bonchev–Trinajstić information content (AvgIpc) is 2.81. The second-order valence-electron chi connectivity index (χ2n) is 8.13. The Bertz CT molecular complexity index is 869. The number of piperazine rings is 1. The number of halogens is 1. The van der Waals surface area contributed by atoms with Crippen molar-refractivity contribution in [2.45, 2.75) is 12.8 Å². The summed E-state index contributed by atoms with van der Waals surface area (Å²) in [5.74, 6) is 2.44. The van der Waals surface area contributed by atoms with Gasteiger partial charge in [0.2, 0.25) is 5.95 Å². The minimum atomic E-state index is 0.476. The summed E-state index contributed by atoms with van der Waals surface area (Å²) in [6.45, 7) is 6.60. The first-order valence-electron chi connectivity index (χ1n) is 10.8. The molecule has 4 rings (SSSR count). The van der Waals surface area contributed by atoms with Gasteiger partial charge in [-0.05, 0) is 37.9 Å². The van der Waals surface area contributed by atoms with Crippen molar-refractivity contribution in [3.63, 3.8) is 0 Å². The number of nitrogens with zero attached hydrogens (tertiary/aromatic N) is 4. The number of hydrogen-bond donors (Lipinski definition) is 2. The summed E-state index contributed by atoms with van der Waals surface area (Å²) in [7, 11) is 3.83. The fourth-order valence-electron chi connectivity index (χ4n) is 3.91. The zero-order valence-corrected chi connectivity index (χ0v) is 19.0. The number of methoxy groups -OCH3 is 1. The lowest BCUT2D eigenvalue weighted by Crippen LogP contribution is -2.44. The van der Waals surface area contributed by atoms with E-state index in [9.17, 15) is 0 Å². The molecule has 0 bridgehead atoms. The summed E-state index contributed by atoms with van der Waals surface area (Å²) in [4.78, 5) is 13.6. The van der Waals surface area contributed by atoms with Crippen molar-refractivity contribution in [2.75, 3.05) is 75.6 Å². The van der Waals surface area contributed by atoms with E-state index in [4.69, 9.17) is 21.1 Å². The molecule has 0 unspecified atom stereocenters. The summed E-state index contributed by atoms with van der Waals surface area (Å²) in [5.41, 5.74) is 1.98. The van der Waals surface area contributed by atoms with Crippen molar-refractivity contribution < 1.29 is 9.47 Å². The Morgan fingerprint density at radius 3 is 2.71 bits per heavy atom. The van der Waals surface area contributed by atoms with Gasteiger partial charge in [-0.15, -0.1) is 0 Å². The zero-order valence-electron chi connectivity index (χ0n) is 18.2. The van der Waals surface area contributed by atoms with Crippen LogP contribution in [0.5, 0.6) is 5.75 Å². The van der Waals surface area contributed by atoms with Crippen molar-refractivity contribution in [1.82, 2.24) is 14.9 Å². The van der Waals surface area contributed by atoms with E-state index < -0.39 is 0 Å². The standard InChI is InChI=1S/C22H31ClN6O2/c1-28-7-9-29(10-8-28)17-3-4-19(20(13-17)30-2)26-22-25-15-18(23)21(27-22)24-14-16-5-11-31-12-6-16/h3-4,13,15-16H,5-12,14H2,1-2H3,(H2,24,25,26,27). The van der Waals surface area contributed by atoms with E-state index in [0.717, 1.165) is 75.9 Å². The van der Waals surface area contributed by atoms with Crippen LogP contribution in [-0.4, -0.2) is 75.0 Å². The van der Waals surface area contributed by atoms with Gasteiger partial charge in [0, 0.05) is 57.7 Å². The lowest BCUT2D eigenvalue weighted by molar-refractivity contribution is 0.0699. The SMILES string of the molecule is COc1cc(N2CCN(C)CC2)ccc1Nc1ncc(Cl)c(NCC2CCOCC2)n1. The van der Waals surface area contributed by atoms with Crippen LogP contribution in [0.4, 0.5) is 23.1 Å². The first-order valence-corrected chi connectivity index (χ1v) is 11.2. The van der Waals surface area contributed by atoms with Crippen molar-refractivity contribution in [3.8, 4) is 5.75 Å². The molecule has 0 saturated carbocycles. The smallest absolute Gasteiger partial charge is 0.229 e. The molecule has 168 valence electrons. The summed E-state index contributed by atoms with van der Waals surface area (Å²) >= 11 is 6.32. The van der Waals surface area contributed by atoms with Crippen LogP contribution in [0, 0.1) is 5.92 Å². The largest absolute Gasteiger partial charge is 0.494 e. The molecule has 0 aliphatic carbocycles. The van der Waals surface area contributed by atoms with Crippen LogP contribution < -0.4 is 20.3 Å². The molecular formula is C22H31ClN6O2. The fraction of sp³-hybridized carbons (Fsp3) is 0.545. The van der Waals surface area contributed by atoms with Crippen molar-refractivity contribution in [2.24, 2.45) is 5.92 Å². The molecule has 0 spiro atoms. The van der Waals surface area contributed by atoms with Crippen LogP contribution >= 0.6 is 11.6 Å². The first-order chi connectivity index (χ1) is 15.1. The van der Waals surface area contributed by atoms with E-state index in [1.165, 1.54) is 0 Å². The fourth-order valence-corrected chi connectivity index (χ4v) is 4.07. The Morgan fingerprint density at radius 1 is 1.19 bits per heavy atom. The topological polar surface area (TPSA) is 74.8 Å². The van der Waals surface area contributed by atoms with Gasteiger partial charge in [-0.25, -0.2) is 4.98 Å². The average molecular weight is 447 g/mol. The van der Waals surface area contributed by atoms with Gasteiger partial charge in [-0.2, -0.15) is 4.98 Å². The van der Waals surface area contributed by atoms with Crippen molar-refractivity contribution >= 4 is 34.7 Å². The molecule has 1 aromatic heterocycles. The van der Waals surface area contributed by atoms with E-state index in [0.29, 0.717) is 22.7 Å². The highest BCUT2D eigenvalue weighted by Crippen LogP contribution is 2.32. The number of ether oxygens (including phenoxy) is 2. The maximum Gasteiger partial charge on any atom is 0.229 e. The van der Waals surface area contributed by atoms with E-state index in [1.54, 1.807) is 13.3 Å². The number of benzene rings is 1. The summed E-state index contributed by atoms with van der Waals surface area (Å²) < 4.78 is 11.1. The molecule has 2 N–H and O–H groups in total. The van der Waals surface area contributed by atoms with E-state index in [1.807, 2.05) is 6.07 Å². The highest BCUT2D eigenvalue weighted by atomic mass is 35.5. The summed E-state index contributed by atoms with van der Waals surface area (Å²) in [6.07, 6.45) is 3.73. The zero-order chi connectivity index (χ0) is 21.6.